The molecule has 5 nitrogen and oxygen atoms in total. The van der Waals surface area contributed by atoms with Gasteiger partial charge in [-0.05, 0) is 6.92 Å². The molecule has 0 aromatic heterocycles. The lowest BCUT2D eigenvalue weighted by molar-refractivity contribution is -0.385. The van der Waals surface area contributed by atoms with E-state index in [1.165, 1.54) is 12.1 Å². The van der Waals surface area contributed by atoms with Crippen molar-refractivity contribution in [1.82, 2.24) is 0 Å². The average Bonchev–Trinajstić information content (AvgIpc) is 2.51. The summed E-state index contributed by atoms with van der Waals surface area (Å²) in [5.41, 5.74) is 0.753. The van der Waals surface area contributed by atoms with Crippen molar-refractivity contribution in [3.05, 3.63) is 27.8 Å². The summed E-state index contributed by atoms with van der Waals surface area (Å²) in [6.45, 7) is 1.89. The van der Waals surface area contributed by atoms with Crippen LogP contribution in [0.3, 0.4) is 0 Å². The molecule has 0 aliphatic carbocycles. The number of hydrogen-bond donors (Lipinski definition) is 0. The Balaban J connectivity index is 2.55. The quantitative estimate of drug-likeness (QED) is 0.488. The molecule has 0 saturated heterocycles. The number of ether oxygens (including phenoxy) is 2. The van der Waals surface area contributed by atoms with Gasteiger partial charge >= 0.3 is 0 Å². The fraction of sp³-hybridized carbons (Fsp3) is 0.250. The highest BCUT2D eigenvalue weighted by Crippen LogP contribution is 2.38. The maximum atomic E-state index is 10.5. The fourth-order valence-corrected chi connectivity index (χ4v) is 1.27. The van der Waals surface area contributed by atoms with Crippen molar-refractivity contribution < 1.29 is 14.4 Å². The molecule has 1 aliphatic rings. The van der Waals surface area contributed by atoms with Crippen molar-refractivity contribution in [2.24, 2.45) is 0 Å². The molecule has 0 bridgehead atoms. The van der Waals surface area contributed by atoms with Gasteiger partial charge in [0.15, 0.2) is 11.5 Å². The molecular formula is C8H7NO4. The zero-order valence-corrected chi connectivity index (χ0v) is 6.94. The van der Waals surface area contributed by atoms with Gasteiger partial charge in [0.2, 0.25) is 6.79 Å². The first-order valence-electron chi connectivity index (χ1n) is 3.73. The second-order valence-electron chi connectivity index (χ2n) is 2.75. The summed E-state index contributed by atoms with van der Waals surface area (Å²) in [7, 11) is 0. The molecule has 0 saturated carbocycles. The van der Waals surface area contributed by atoms with E-state index in [-0.39, 0.29) is 12.5 Å². The van der Waals surface area contributed by atoms with E-state index in [2.05, 4.69) is 0 Å². The Labute approximate surface area is 74.0 Å². The van der Waals surface area contributed by atoms with E-state index < -0.39 is 4.92 Å². The number of aryl methyl sites for hydroxylation is 1. The van der Waals surface area contributed by atoms with E-state index >= 15 is 0 Å². The molecular weight excluding hydrogens is 174 g/mol. The first-order valence-corrected chi connectivity index (χ1v) is 3.73. The summed E-state index contributed by atoms with van der Waals surface area (Å²) in [4.78, 5) is 10.0. The lowest BCUT2D eigenvalue weighted by atomic mass is 10.2. The summed E-state index contributed by atoms with van der Waals surface area (Å²) in [6, 6.07) is 2.84. The largest absolute Gasteiger partial charge is 0.453 e. The van der Waals surface area contributed by atoms with Crippen LogP contribution >= 0.6 is 0 Å². The summed E-state index contributed by atoms with van der Waals surface area (Å²) in [6.07, 6.45) is 0. The van der Waals surface area contributed by atoms with Crippen LogP contribution in [0.1, 0.15) is 5.56 Å². The van der Waals surface area contributed by atoms with Gasteiger partial charge in [-0.15, -0.1) is 0 Å². The Bertz CT molecular complexity index is 375. The highest BCUT2D eigenvalue weighted by Gasteiger charge is 2.20. The van der Waals surface area contributed by atoms with E-state index in [1.54, 1.807) is 6.92 Å². The van der Waals surface area contributed by atoms with E-state index in [0.29, 0.717) is 11.5 Å². The predicted octanol–water partition coefficient (Wildman–Crippen LogP) is 1.63. The number of fused-ring (bicyclic) bond motifs is 1. The van der Waals surface area contributed by atoms with Gasteiger partial charge in [0.1, 0.15) is 0 Å². The lowest BCUT2D eigenvalue weighted by Gasteiger charge is -1.99. The summed E-state index contributed by atoms with van der Waals surface area (Å²) in [5, 5.41) is 10.5. The molecule has 0 fully saturated rings. The number of nitro benzene ring substituents is 1. The van der Waals surface area contributed by atoms with Crippen LogP contribution in [0.4, 0.5) is 5.69 Å². The number of nitro groups is 1. The number of hydrogen-bond acceptors (Lipinski definition) is 4. The summed E-state index contributed by atoms with van der Waals surface area (Å²) in [5.74, 6) is 1.05. The van der Waals surface area contributed by atoms with Crippen LogP contribution in [0, 0.1) is 17.0 Å². The van der Waals surface area contributed by atoms with Crippen molar-refractivity contribution >= 4 is 5.69 Å². The van der Waals surface area contributed by atoms with Gasteiger partial charge < -0.3 is 9.47 Å². The molecule has 1 aliphatic heterocycles. The van der Waals surface area contributed by atoms with Crippen molar-refractivity contribution in [3.8, 4) is 11.5 Å². The number of nitrogens with zero attached hydrogens (tertiary/aromatic N) is 1. The summed E-state index contributed by atoms with van der Waals surface area (Å²) >= 11 is 0. The summed E-state index contributed by atoms with van der Waals surface area (Å²) < 4.78 is 10.2. The van der Waals surface area contributed by atoms with Crippen molar-refractivity contribution in [2.45, 2.75) is 6.92 Å². The van der Waals surface area contributed by atoms with Crippen LogP contribution in [0.2, 0.25) is 0 Å². The Morgan fingerprint density at radius 3 is 2.92 bits per heavy atom. The van der Waals surface area contributed by atoms with E-state index in [1.807, 2.05) is 0 Å². The maximum Gasteiger partial charge on any atom is 0.273 e. The minimum absolute atomic E-state index is 0.0294. The smallest absolute Gasteiger partial charge is 0.273 e. The molecule has 2 rings (SSSR count). The van der Waals surface area contributed by atoms with Crippen LogP contribution in [-0.4, -0.2) is 11.7 Å². The monoisotopic (exact) mass is 181 g/mol. The van der Waals surface area contributed by atoms with Gasteiger partial charge in [-0.1, -0.05) is 0 Å². The lowest BCUT2D eigenvalue weighted by Crippen LogP contribution is -1.93. The van der Waals surface area contributed by atoms with Crippen LogP contribution in [-0.2, 0) is 0 Å². The van der Waals surface area contributed by atoms with Gasteiger partial charge in [-0.3, -0.25) is 10.1 Å². The van der Waals surface area contributed by atoms with Crippen LogP contribution in [0.5, 0.6) is 11.5 Å². The average molecular weight is 181 g/mol. The molecule has 0 N–H and O–H groups in total. The van der Waals surface area contributed by atoms with Gasteiger partial charge in [0.25, 0.3) is 5.69 Å². The van der Waals surface area contributed by atoms with E-state index in [4.69, 9.17) is 9.47 Å². The predicted molar refractivity (Wildman–Crippen MR) is 44.0 cm³/mol. The fourth-order valence-electron chi connectivity index (χ4n) is 1.27. The van der Waals surface area contributed by atoms with Crippen LogP contribution in [0.15, 0.2) is 12.1 Å². The van der Waals surface area contributed by atoms with Gasteiger partial charge in [0.05, 0.1) is 11.0 Å². The van der Waals surface area contributed by atoms with Gasteiger partial charge in [0, 0.05) is 11.6 Å². The second-order valence-corrected chi connectivity index (χ2v) is 2.75. The number of benzene rings is 1. The molecule has 0 spiro atoms. The van der Waals surface area contributed by atoms with E-state index in [0.717, 1.165) is 5.56 Å². The first-order chi connectivity index (χ1) is 6.18. The first kappa shape index (κ1) is 7.85. The molecule has 0 radical (unpaired) electrons. The molecule has 68 valence electrons. The number of rotatable bonds is 1. The minimum atomic E-state index is -0.449. The molecule has 1 aromatic rings. The normalized spacial score (nSPS) is 13.0. The van der Waals surface area contributed by atoms with Crippen LogP contribution < -0.4 is 9.47 Å². The highest BCUT2D eigenvalue weighted by molar-refractivity contribution is 5.54. The second kappa shape index (κ2) is 2.62. The van der Waals surface area contributed by atoms with Crippen LogP contribution in [0.25, 0.3) is 0 Å². The number of non-ortho nitro benzene ring substituents is 1. The molecule has 13 heavy (non-hydrogen) atoms. The zero-order chi connectivity index (χ0) is 9.42. The van der Waals surface area contributed by atoms with Crippen molar-refractivity contribution in [3.63, 3.8) is 0 Å². The third-order valence-corrected chi connectivity index (χ3v) is 1.85. The van der Waals surface area contributed by atoms with Gasteiger partial charge in [-0.25, -0.2) is 0 Å². The molecule has 0 atom stereocenters. The maximum absolute atomic E-state index is 10.5. The Morgan fingerprint density at radius 1 is 1.46 bits per heavy atom. The molecule has 5 heteroatoms. The zero-order valence-electron chi connectivity index (χ0n) is 6.94. The third-order valence-electron chi connectivity index (χ3n) is 1.85. The Hall–Kier alpha value is -1.78. The molecule has 0 unspecified atom stereocenters. The Morgan fingerprint density at radius 2 is 2.23 bits per heavy atom. The molecule has 0 amide bonds. The Kier molecular flexibility index (Phi) is 1.58. The SMILES string of the molecule is Cc1cc([N+](=O)[O-])cc2c1OCO2. The topological polar surface area (TPSA) is 61.6 Å². The molecule has 1 heterocycles. The van der Waals surface area contributed by atoms with E-state index in [9.17, 15) is 10.1 Å². The van der Waals surface area contributed by atoms with Crippen molar-refractivity contribution in [2.75, 3.05) is 6.79 Å². The minimum Gasteiger partial charge on any atom is -0.453 e. The molecule has 1 aromatic carbocycles. The third kappa shape index (κ3) is 1.18. The standard InChI is InChI=1S/C8H7NO4/c1-5-2-6(9(10)11)3-7-8(5)13-4-12-7/h2-3H,4H2,1H3. The van der Waals surface area contributed by atoms with Crippen molar-refractivity contribution in [1.29, 1.82) is 0 Å². The highest BCUT2D eigenvalue weighted by atomic mass is 16.7. The van der Waals surface area contributed by atoms with Gasteiger partial charge in [-0.2, -0.15) is 0 Å².